The van der Waals surface area contributed by atoms with E-state index in [1.54, 1.807) is 0 Å². The van der Waals surface area contributed by atoms with Gasteiger partial charge in [-0.1, -0.05) is 19.8 Å². The van der Waals surface area contributed by atoms with Gasteiger partial charge in [0.2, 0.25) is 5.95 Å². The summed E-state index contributed by atoms with van der Waals surface area (Å²) in [7, 11) is 0. The largest absolute Gasteiger partial charge is 0.354 e. The minimum absolute atomic E-state index is 0.290. The molecule has 0 radical (unpaired) electrons. The summed E-state index contributed by atoms with van der Waals surface area (Å²) < 4.78 is 14.2. The molecule has 3 rings (SSSR count). The smallest absolute Gasteiger partial charge is 0.224 e. The summed E-state index contributed by atoms with van der Waals surface area (Å²) in [5, 5.41) is 3.15. The van der Waals surface area contributed by atoms with E-state index in [4.69, 9.17) is 0 Å². The van der Waals surface area contributed by atoms with Crippen molar-refractivity contribution >= 4 is 11.8 Å². The van der Waals surface area contributed by atoms with Crippen LogP contribution < -0.4 is 10.2 Å². The second-order valence-corrected chi connectivity index (χ2v) is 6.24. The Labute approximate surface area is 126 Å². The molecule has 1 saturated heterocycles. The molecule has 116 valence electrons. The summed E-state index contributed by atoms with van der Waals surface area (Å²) in [6.45, 7) is 3.83. The van der Waals surface area contributed by atoms with Crippen LogP contribution in [-0.4, -0.2) is 29.1 Å². The van der Waals surface area contributed by atoms with Crippen molar-refractivity contribution in [1.82, 2.24) is 9.97 Å². The molecular formula is C16H25FN4. The van der Waals surface area contributed by atoms with Crippen LogP contribution in [-0.2, 0) is 0 Å². The fourth-order valence-corrected chi connectivity index (χ4v) is 3.77. The molecule has 5 heteroatoms. The quantitative estimate of drug-likeness (QED) is 0.900. The molecule has 1 N–H and O–H groups in total. The van der Waals surface area contributed by atoms with Crippen molar-refractivity contribution in [2.75, 3.05) is 23.3 Å². The van der Waals surface area contributed by atoms with Gasteiger partial charge >= 0.3 is 0 Å². The summed E-state index contributed by atoms with van der Waals surface area (Å²) in [4.78, 5) is 10.7. The Morgan fingerprint density at radius 2 is 2.10 bits per heavy atom. The second kappa shape index (κ2) is 6.58. The van der Waals surface area contributed by atoms with Crippen LogP contribution in [0.25, 0.3) is 0 Å². The molecule has 21 heavy (non-hydrogen) atoms. The van der Waals surface area contributed by atoms with Gasteiger partial charge in [-0.15, -0.1) is 0 Å². The van der Waals surface area contributed by atoms with Crippen LogP contribution in [0.4, 0.5) is 16.2 Å². The highest BCUT2D eigenvalue weighted by Crippen LogP contribution is 2.37. The van der Waals surface area contributed by atoms with Crippen molar-refractivity contribution in [2.45, 2.75) is 57.9 Å². The summed E-state index contributed by atoms with van der Waals surface area (Å²) in [5.41, 5.74) is 0. The van der Waals surface area contributed by atoms with Crippen LogP contribution in [0.3, 0.4) is 0 Å². The van der Waals surface area contributed by atoms with Crippen LogP contribution in [0, 0.1) is 11.7 Å². The molecule has 0 spiro atoms. The standard InChI is InChI=1S/C16H25FN4/c1-2-9-18-16-19-11-13(17)15(20-16)21-10-5-8-14(21)12-6-3-4-7-12/h11-12,14H,2-10H2,1H3,(H,18,19,20). The van der Waals surface area contributed by atoms with E-state index >= 15 is 0 Å². The minimum atomic E-state index is -0.290. The summed E-state index contributed by atoms with van der Waals surface area (Å²) in [6, 6.07) is 0.468. The number of nitrogens with zero attached hydrogens (tertiary/aromatic N) is 3. The van der Waals surface area contributed by atoms with Crippen LogP contribution in [0.15, 0.2) is 6.20 Å². The zero-order valence-electron chi connectivity index (χ0n) is 12.8. The van der Waals surface area contributed by atoms with Crippen molar-refractivity contribution in [3.8, 4) is 0 Å². The maximum Gasteiger partial charge on any atom is 0.224 e. The molecule has 1 aliphatic heterocycles. The topological polar surface area (TPSA) is 41.1 Å². The third kappa shape index (κ3) is 3.11. The third-order valence-corrected chi connectivity index (χ3v) is 4.77. The van der Waals surface area contributed by atoms with Crippen molar-refractivity contribution in [3.05, 3.63) is 12.0 Å². The van der Waals surface area contributed by atoms with E-state index in [0.29, 0.717) is 23.7 Å². The van der Waals surface area contributed by atoms with Crippen LogP contribution >= 0.6 is 0 Å². The van der Waals surface area contributed by atoms with Gasteiger partial charge in [0.25, 0.3) is 0 Å². The van der Waals surface area contributed by atoms with E-state index in [-0.39, 0.29) is 5.82 Å². The van der Waals surface area contributed by atoms with Crippen molar-refractivity contribution in [1.29, 1.82) is 0 Å². The van der Waals surface area contributed by atoms with E-state index in [9.17, 15) is 4.39 Å². The van der Waals surface area contributed by atoms with Crippen LogP contribution in [0.5, 0.6) is 0 Å². The van der Waals surface area contributed by atoms with Gasteiger partial charge in [0.15, 0.2) is 11.6 Å². The van der Waals surface area contributed by atoms with E-state index < -0.39 is 0 Å². The molecule has 2 aliphatic rings. The lowest BCUT2D eigenvalue weighted by molar-refractivity contribution is 0.425. The predicted molar refractivity (Wildman–Crippen MR) is 83.1 cm³/mol. The summed E-state index contributed by atoms with van der Waals surface area (Å²) in [5.74, 6) is 1.47. The highest BCUT2D eigenvalue weighted by atomic mass is 19.1. The number of anilines is 2. The lowest BCUT2D eigenvalue weighted by Gasteiger charge is -2.30. The first-order chi connectivity index (χ1) is 10.3. The minimum Gasteiger partial charge on any atom is -0.354 e. The number of nitrogens with one attached hydrogen (secondary N) is 1. The monoisotopic (exact) mass is 292 g/mol. The number of hydrogen-bond donors (Lipinski definition) is 1. The molecule has 1 unspecified atom stereocenters. The Hall–Kier alpha value is -1.39. The molecule has 4 nitrogen and oxygen atoms in total. The zero-order chi connectivity index (χ0) is 14.7. The number of aromatic nitrogens is 2. The van der Waals surface area contributed by atoms with Gasteiger partial charge in [-0.2, -0.15) is 4.98 Å². The molecule has 2 heterocycles. The molecule has 1 saturated carbocycles. The van der Waals surface area contributed by atoms with Gasteiger partial charge in [-0.25, -0.2) is 9.37 Å². The molecule has 1 atom stereocenters. The Bertz CT molecular complexity index is 473. The van der Waals surface area contributed by atoms with Crippen molar-refractivity contribution in [3.63, 3.8) is 0 Å². The highest BCUT2D eigenvalue weighted by Gasteiger charge is 2.35. The van der Waals surface area contributed by atoms with Gasteiger partial charge in [0.05, 0.1) is 6.20 Å². The SMILES string of the molecule is CCCNc1ncc(F)c(N2CCCC2C2CCCC2)n1. The zero-order valence-corrected chi connectivity index (χ0v) is 12.8. The Kier molecular flexibility index (Phi) is 4.56. The molecule has 1 aromatic heterocycles. The van der Waals surface area contributed by atoms with Gasteiger partial charge in [0.1, 0.15) is 0 Å². The van der Waals surface area contributed by atoms with Gasteiger partial charge < -0.3 is 10.2 Å². The number of hydrogen-bond acceptors (Lipinski definition) is 4. The molecule has 2 fully saturated rings. The first-order valence-corrected chi connectivity index (χ1v) is 8.32. The Balaban J connectivity index is 1.80. The van der Waals surface area contributed by atoms with Gasteiger partial charge in [0, 0.05) is 19.1 Å². The number of rotatable bonds is 5. The second-order valence-electron chi connectivity index (χ2n) is 6.24. The van der Waals surface area contributed by atoms with Gasteiger partial charge in [-0.05, 0) is 38.0 Å². The van der Waals surface area contributed by atoms with Crippen molar-refractivity contribution in [2.24, 2.45) is 5.92 Å². The van der Waals surface area contributed by atoms with Crippen LogP contribution in [0.1, 0.15) is 51.9 Å². The lowest BCUT2D eigenvalue weighted by Crippen LogP contribution is -2.36. The molecule has 0 amide bonds. The molecule has 1 aromatic rings. The van der Waals surface area contributed by atoms with Crippen LogP contribution in [0.2, 0.25) is 0 Å². The highest BCUT2D eigenvalue weighted by molar-refractivity contribution is 5.46. The van der Waals surface area contributed by atoms with E-state index in [1.165, 1.54) is 38.3 Å². The molecule has 0 aromatic carbocycles. The molecular weight excluding hydrogens is 267 g/mol. The summed E-state index contributed by atoms with van der Waals surface area (Å²) in [6.07, 6.45) is 9.85. The first-order valence-electron chi connectivity index (χ1n) is 8.32. The molecule has 0 bridgehead atoms. The maximum absolute atomic E-state index is 14.2. The van der Waals surface area contributed by atoms with E-state index in [0.717, 1.165) is 25.9 Å². The Morgan fingerprint density at radius 1 is 1.29 bits per heavy atom. The van der Waals surface area contributed by atoms with E-state index in [1.807, 2.05) is 0 Å². The first kappa shape index (κ1) is 14.5. The summed E-state index contributed by atoms with van der Waals surface area (Å²) >= 11 is 0. The Morgan fingerprint density at radius 3 is 2.86 bits per heavy atom. The fraction of sp³-hybridized carbons (Fsp3) is 0.750. The number of halogens is 1. The third-order valence-electron chi connectivity index (χ3n) is 4.77. The normalized spacial score (nSPS) is 23.0. The van der Waals surface area contributed by atoms with Gasteiger partial charge in [-0.3, -0.25) is 0 Å². The predicted octanol–water partition coefficient (Wildman–Crippen LogP) is 3.60. The maximum atomic E-state index is 14.2. The average Bonchev–Trinajstić information content (AvgIpc) is 3.16. The van der Waals surface area contributed by atoms with Crippen molar-refractivity contribution < 1.29 is 4.39 Å². The average molecular weight is 292 g/mol. The fourth-order valence-electron chi connectivity index (χ4n) is 3.77. The van der Waals surface area contributed by atoms with E-state index in [2.05, 4.69) is 27.1 Å². The lowest BCUT2D eigenvalue weighted by atomic mass is 9.96. The molecule has 1 aliphatic carbocycles.